The minimum absolute atomic E-state index is 0. The van der Waals surface area contributed by atoms with Crippen LogP contribution in [0.15, 0.2) is 18.2 Å². The monoisotopic (exact) mass is 383 g/mol. The zero-order valence-electron chi connectivity index (χ0n) is 15.4. The Balaban J connectivity index is 0.00000243. The highest BCUT2D eigenvalue weighted by atomic mass is 35.5. The number of hydrogen-bond acceptors (Lipinski definition) is 5. The molecule has 0 aliphatic carbocycles. The number of halogens is 1. The molecule has 8 heteroatoms. The molecule has 0 radical (unpaired) electrons. The summed E-state index contributed by atoms with van der Waals surface area (Å²) in [4.78, 5) is 28.9. The number of nitrogens with zero attached hydrogens (tertiary/aromatic N) is 2. The summed E-state index contributed by atoms with van der Waals surface area (Å²) >= 11 is 0. The molecule has 7 nitrogen and oxygen atoms in total. The van der Waals surface area contributed by atoms with E-state index >= 15 is 0 Å². The van der Waals surface area contributed by atoms with Crippen LogP contribution in [0.25, 0.3) is 0 Å². The molecule has 2 fully saturated rings. The number of benzene rings is 1. The number of hydrogen-bond donors (Lipinski definition) is 1. The lowest BCUT2D eigenvalue weighted by Gasteiger charge is -2.35. The van der Waals surface area contributed by atoms with Crippen LogP contribution in [0, 0.1) is 5.92 Å². The van der Waals surface area contributed by atoms with Gasteiger partial charge in [0.1, 0.15) is 11.5 Å². The second-order valence-electron chi connectivity index (χ2n) is 6.56. The molecule has 26 heavy (non-hydrogen) atoms. The highest BCUT2D eigenvalue weighted by Gasteiger charge is 2.39. The van der Waals surface area contributed by atoms with Gasteiger partial charge in [-0.05, 0) is 6.92 Å². The fourth-order valence-electron chi connectivity index (χ4n) is 3.47. The van der Waals surface area contributed by atoms with Gasteiger partial charge in [0.05, 0.1) is 25.8 Å². The Morgan fingerprint density at radius 2 is 1.85 bits per heavy atom. The van der Waals surface area contributed by atoms with E-state index in [1.165, 1.54) is 0 Å². The first-order valence-corrected chi connectivity index (χ1v) is 8.58. The molecule has 0 bridgehead atoms. The number of nitrogens with one attached hydrogen (secondary N) is 1. The zero-order chi connectivity index (χ0) is 18.0. The van der Waals surface area contributed by atoms with E-state index < -0.39 is 0 Å². The van der Waals surface area contributed by atoms with Crippen molar-refractivity contribution in [1.29, 1.82) is 0 Å². The predicted octanol–water partition coefficient (Wildman–Crippen LogP) is 1.30. The van der Waals surface area contributed by atoms with Crippen molar-refractivity contribution in [2.45, 2.75) is 19.4 Å². The van der Waals surface area contributed by atoms with Crippen LogP contribution in [-0.4, -0.2) is 63.2 Å². The van der Waals surface area contributed by atoms with Crippen molar-refractivity contribution in [2.75, 3.05) is 45.3 Å². The lowest BCUT2D eigenvalue weighted by Crippen LogP contribution is -2.54. The van der Waals surface area contributed by atoms with E-state index in [1.54, 1.807) is 37.3 Å². The number of ether oxygens (including phenoxy) is 2. The summed E-state index contributed by atoms with van der Waals surface area (Å²) in [5, 5.41) is 3.28. The molecule has 2 aliphatic rings. The fraction of sp³-hybridized carbons (Fsp3) is 0.556. The minimum Gasteiger partial charge on any atom is -0.497 e. The van der Waals surface area contributed by atoms with Gasteiger partial charge >= 0.3 is 0 Å². The molecule has 1 N–H and O–H groups in total. The van der Waals surface area contributed by atoms with Gasteiger partial charge in [0.15, 0.2) is 0 Å². The van der Waals surface area contributed by atoms with Gasteiger partial charge in [-0.3, -0.25) is 9.59 Å². The number of methoxy groups -OCH3 is 2. The van der Waals surface area contributed by atoms with Gasteiger partial charge < -0.3 is 24.6 Å². The first-order valence-electron chi connectivity index (χ1n) is 8.58. The molecule has 1 unspecified atom stereocenters. The quantitative estimate of drug-likeness (QED) is 0.848. The van der Waals surface area contributed by atoms with E-state index in [0.29, 0.717) is 30.3 Å². The Labute approximate surface area is 160 Å². The van der Waals surface area contributed by atoms with Crippen molar-refractivity contribution in [1.82, 2.24) is 10.2 Å². The molecule has 2 aliphatic heterocycles. The Morgan fingerprint density at radius 3 is 2.42 bits per heavy atom. The van der Waals surface area contributed by atoms with E-state index in [2.05, 4.69) is 5.32 Å². The molecule has 1 aromatic carbocycles. The summed E-state index contributed by atoms with van der Waals surface area (Å²) in [5.74, 6) is 0.960. The van der Waals surface area contributed by atoms with Gasteiger partial charge in [0.2, 0.25) is 11.8 Å². The Hall–Kier alpha value is -1.99. The maximum Gasteiger partial charge on any atom is 0.228 e. The van der Waals surface area contributed by atoms with Crippen LogP contribution in [0.3, 0.4) is 0 Å². The molecule has 0 aromatic heterocycles. The molecule has 0 saturated carbocycles. The van der Waals surface area contributed by atoms with Crippen LogP contribution in [0.1, 0.15) is 13.3 Å². The van der Waals surface area contributed by atoms with E-state index in [-0.39, 0.29) is 42.6 Å². The molecule has 2 amide bonds. The van der Waals surface area contributed by atoms with Gasteiger partial charge in [-0.25, -0.2) is 0 Å². The molecule has 2 atom stereocenters. The SMILES string of the molecule is COc1cc(OC)cc(N2CC(C(=O)N3CCNC[C@@H]3C)CC2=O)c1.Cl. The van der Waals surface area contributed by atoms with E-state index in [4.69, 9.17) is 9.47 Å². The van der Waals surface area contributed by atoms with Crippen LogP contribution in [0.4, 0.5) is 5.69 Å². The third-order valence-corrected chi connectivity index (χ3v) is 4.91. The first kappa shape index (κ1) is 20.3. The summed E-state index contributed by atoms with van der Waals surface area (Å²) in [6, 6.07) is 5.50. The van der Waals surface area contributed by atoms with Crippen LogP contribution < -0.4 is 19.7 Å². The molecule has 1 aromatic rings. The third-order valence-electron chi connectivity index (χ3n) is 4.91. The molecule has 2 saturated heterocycles. The van der Waals surface area contributed by atoms with Crippen molar-refractivity contribution in [2.24, 2.45) is 5.92 Å². The molecular formula is C18H26ClN3O4. The maximum absolute atomic E-state index is 12.8. The molecule has 144 valence electrons. The second-order valence-corrected chi connectivity index (χ2v) is 6.56. The predicted molar refractivity (Wildman–Crippen MR) is 101 cm³/mol. The average Bonchev–Trinajstić information content (AvgIpc) is 3.02. The lowest BCUT2D eigenvalue weighted by atomic mass is 10.1. The smallest absolute Gasteiger partial charge is 0.228 e. The Morgan fingerprint density at radius 1 is 1.19 bits per heavy atom. The summed E-state index contributed by atoms with van der Waals surface area (Å²) in [7, 11) is 3.14. The number of anilines is 1. The van der Waals surface area contributed by atoms with Crippen molar-refractivity contribution in [3.8, 4) is 11.5 Å². The Bertz CT molecular complexity index is 648. The third kappa shape index (κ3) is 4.04. The van der Waals surface area contributed by atoms with Crippen molar-refractivity contribution in [3.63, 3.8) is 0 Å². The van der Waals surface area contributed by atoms with Crippen molar-refractivity contribution in [3.05, 3.63) is 18.2 Å². The van der Waals surface area contributed by atoms with Crippen LogP contribution in [0.2, 0.25) is 0 Å². The highest BCUT2D eigenvalue weighted by Crippen LogP contribution is 2.33. The van der Waals surface area contributed by atoms with Crippen LogP contribution in [0.5, 0.6) is 11.5 Å². The normalized spacial score (nSPS) is 22.8. The van der Waals surface area contributed by atoms with Crippen molar-refractivity contribution < 1.29 is 19.1 Å². The molecule has 3 rings (SSSR count). The average molecular weight is 384 g/mol. The highest BCUT2D eigenvalue weighted by molar-refractivity contribution is 6.00. The van der Waals surface area contributed by atoms with Gasteiger partial charge in [0.25, 0.3) is 0 Å². The van der Waals surface area contributed by atoms with Crippen LogP contribution >= 0.6 is 12.4 Å². The summed E-state index contributed by atoms with van der Waals surface area (Å²) in [6.45, 7) is 4.71. The van der Waals surface area contributed by atoms with E-state index in [9.17, 15) is 9.59 Å². The van der Waals surface area contributed by atoms with Gasteiger partial charge in [-0.15, -0.1) is 12.4 Å². The number of rotatable bonds is 4. The maximum atomic E-state index is 12.8. The largest absolute Gasteiger partial charge is 0.497 e. The zero-order valence-corrected chi connectivity index (χ0v) is 16.2. The standard InChI is InChI=1S/C18H25N3O4.ClH/c1-12-10-19-4-5-20(12)18(23)13-6-17(22)21(11-13)14-7-15(24-2)9-16(8-14)25-3;/h7-9,12-13,19H,4-6,10-11H2,1-3H3;1H/t12-,13?;/m0./s1. The second kappa shape index (κ2) is 8.60. The summed E-state index contributed by atoms with van der Waals surface area (Å²) in [6.07, 6.45) is 0.245. The van der Waals surface area contributed by atoms with Gasteiger partial charge in [0, 0.05) is 56.8 Å². The number of amides is 2. The summed E-state index contributed by atoms with van der Waals surface area (Å²) in [5.41, 5.74) is 0.699. The Kier molecular flexibility index (Phi) is 6.72. The molecular weight excluding hydrogens is 358 g/mol. The topological polar surface area (TPSA) is 71.1 Å². The number of carbonyl (C=O) groups excluding carboxylic acids is 2. The number of carbonyl (C=O) groups is 2. The van der Waals surface area contributed by atoms with Gasteiger partial charge in [-0.1, -0.05) is 0 Å². The van der Waals surface area contributed by atoms with E-state index in [1.807, 2.05) is 11.8 Å². The fourth-order valence-corrected chi connectivity index (χ4v) is 3.47. The van der Waals surface area contributed by atoms with E-state index in [0.717, 1.165) is 13.1 Å². The number of piperazine rings is 1. The molecule has 2 heterocycles. The summed E-state index contributed by atoms with van der Waals surface area (Å²) < 4.78 is 10.6. The lowest BCUT2D eigenvalue weighted by molar-refractivity contribution is -0.138. The van der Waals surface area contributed by atoms with Crippen molar-refractivity contribution >= 4 is 29.9 Å². The molecule has 0 spiro atoms. The first-order chi connectivity index (χ1) is 12.0. The van der Waals surface area contributed by atoms with Crippen LogP contribution in [-0.2, 0) is 9.59 Å². The minimum atomic E-state index is -0.301. The van der Waals surface area contributed by atoms with Gasteiger partial charge in [-0.2, -0.15) is 0 Å².